The van der Waals surface area contributed by atoms with Crippen molar-refractivity contribution in [3.8, 4) is 0 Å². The van der Waals surface area contributed by atoms with Crippen molar-refractivity contribution in [2.75, 3.05) is 0 Å². The van der Waals surface area contributed by atoms with E-state index >= 15 is 0 Å². The summed E-state index contributed by atoms with van der Waals surface area (Å²) in [5.41, 5.74) is 1.72. The molecule has 0 saturated carbocycles. The van der Waals surface area contributed by atoms with E-state index in [-0.39, 0.29) is 5.91 Å². The highest BCUT2D eigenvalue weighted by atomic mass is 19.1. The van der Waals surface area contributed by atoms with Gasteiger partial charge in [-0.3, -0.25) is 4.79 Å². The first-order valence-electron chi connectivity index (χ1n) is 4.99. The van der Waals surface area contributed by atoms with Gasteiger partial charge in [0.25, 0.3) is 0 Å². The highest BCUT2D eigenvalue weighted by molar-refractivity contribution is 5.77. The number of amides is 1. The van der Waals surface area contributed by atoms with Crippen molar-refractivity contribution in [2.24, 2.45) is 0 Å². The number of hydrogen-bond acceptors (Lipinski definition) is 1. The van der Waals surface area contributed by atoms with Crippen LogP contribution in [0.15, 0.2) is 23.3 Å². The number of fused-ring (bicyclic) bond motifs is 1. The molecule has 1 fully saturated rings. The Kier molecular flexibility index (Phi) is 2.40. The highest BCUT2D eigenvalue weighted by Gasteiger charge is 2.31. The zero-order valence-corrected chi connectivity index (χ0v) is 8.22. The van der Waals surface area contributed by atoms with Gasteiger partial charge in [0.05, 0.1) is 6.04 Å². The molecule has 0 aromatic carbocycles. The van der Waals surface area contributed by atoms with Crippen molar-refractivity contribution in [2.45, 2.75) is 38.4 Å². The SMILES string of the molecule is CC1=CC=C2CCCC(=O)NC2C1F. The normalized spacial score (nSPS) is 32.3. The van der Waals surface area contributed by atoms with Crippen LogP contribution in [0.25, 0.3) is 0 Å². The molecule has 1 amide bonds. The first kappa shape index (κ1) is 9.44. The number of carbonyl (C=O) groups excluding carboxylic acids is 1. The lowest BCUT2D eigenvalue weighted by Gasteiger charge is -2.26. The van der Waals surface area contributed by atoms with E-state index in [4.69, 9.17) is 0 Å². The Bertz CT molecular complexity index is 319. The van der Waals surface area contributed by atoms with Crippen LogP contribution < -0.4 is 5.32 Å². The Morgan fingerprint density at radius 3 is 3.00 bits per heavy atom. The van der Waals surface area contributed by atoms with Gasteiger partial charge in [0.15, 0.2) is 0 Å². The third-order valence-electron chi connectivity index (χ3n) is 2.87. The molecule has 2 nitrogen and oxygen atoms in total. The number of alkyl halides is 1. The Labute approximate surface area is 82.9 Å². The first-order valence-corrected chi connectivity index (χ1v) is 4.99. The second-order valence-electron chi connectivity index (χ2n) is 3.95. The maximum Gasteiger partial charge on any atom is 0.220 e. The number of rotatable bonds is 0. The lowest BCUT2D eigenvalue weighted by atomic mass is 9.90. The molecule has 1 saturated heterocycles. The molecule has 76 valence electrons. The van der Waals surface area contributed by atoms with Gasteiger partial charge in [0, 0.05) is 6.42 Å². The zero-order chi connectivity index (χ0) is 10.1. The van der Waals surface area contributed by atoms with E-state index in [1.54, 1.807) is 6.92 Å². The number of allylic oxidation sites excluding steroid dienone is 2. The van der Waals surface area contributed by atoms with Crippen LogP contribution in [0, 0.1) is 0 Å². The van der Waals surface area contributed by atoms with Crippen LogP contribution in [0.3, 0.4) is 0 Å². The summed E-state index contributed by atoms with van der Waals surface area (Å²) in [4.78, 5) is 11.3. The maximum absolute atomic E-state index is 13.7. The van der Waals surface area contributed by atoms with E-state index < -0.39 is 12.2 Å². The fourth-order valence-electron chi connectivity index (χ4n) is 1.99. The molecule has 14 heavy (non-hydrogen) atoms. The van der Waals surface area contributed by atoms with Gasteiger partial charge in [0.1, 0.15) is 6.17 Å². The number of halogens is 1. The summed E-state index contributed by atoms with van der Waals surface area (Å²) in [7, 11) is 0. The predicted molar refractivity (Wildman–Crippen MR) is 52.5 cm³/mol. The largest absolute Gasteiger partial charge is 0.346 e. The zero-order valence-electron chi connectivity index (χ0n) is 8.22. The summed E-state index contributed by atoms with van der Waals surface area (Å²) in [5, 5.41) is 2.74. The molecule has 1 aliphatic carbocycles. The lowest BCUT2D eigenvalue weighted by Crippen LogP contribution is -2.42. The van der Waals surface area contributed by atoms with E-state index in [2.05, 4.69) is 5.32 Å². The van der Waals surface area contributed by atoms with Gasteiger partial charge in [-0.1, -0.05) is 12.2 Å². The average molecular weight is 195 g/mol. The average Bonchev–Trinajstić information content (AvgIpc) is 2.34. The second kappa shape index (κ2) is 3.56. The van der Waals surface area contributed by atoms with Gasteiger partial charge in [-0.05, 0) is 30.9 Å². The van der Waals surface area contributed by atoms with Crippen LogP contribution >= 0.6 is 0 Å². The fraction of sp³-hybridized carbons (Fsp3) is 0.545. The summed E-state index contributed by atoms with van der Waals surface area (Å²) < 4.78 is 13.7. The van der Waals surface area contributed by atoms with Gasteiger partial charge in [0.2, 0.25) is 5.91 Å². The van der Waals surface area contributed by atoms with Crippen molar-refractivity contribution in [1.29, 1.82) is 0 Å². The van der Waals surface area contributed by atoms with Crippen LogP contribution in [0.4, 0.5) is 4.39 Å². The minimum absolute atomic E-state index is 0.0317. The summed E-state index contributed by atoms with van der Waals surface area (Å²) >= 11 is 0. The van der Waals surface area contributed by atoms with Gasteiger partial charge >= 0.3 is 0 Å². The molecule has 1 heterocycles. The van der Waals surface area contributed by atoms with E-state index in [1.807, 2.05) is 12.2 Å². The van der Waals surface area contributed by atoms with E-state index in [1.165, 1.54) is 0 Å². The van der Waals surface area contributed by atoms with Crippen molar-refractivity contribution < 1.29 is 9.18 Å². The Balaban J connectivity index is 2.26. The molecular formula is C11H14FNO. The standard InChI is InChI=1S/C11H14FNO/c1-7-5-6-8-3-2-4-9(14)13-11(8)10(7)12/h5-6,10-11H,2-4H2,1H3,(H,13,14). The van der Waals surface area contributed by atoms with Gasteiger partial charge in [-0.2, -0.15) is 0 Å². The number of hydrogen-bond donors (Lipinski definition) is 1. The summed E-state index contributed by atoms with van der Waals surface area (Å²) in [6.07, 6.45) is 4.88. The predicted octanol–water partition coefficient (Wildman–Crippen LogP) is 1.88. The third-order valence-corrected chi connectivity index (χ3v) is 2.87. The minimum atomic E-state index is -1.04. The summed E-state index contributed by atoms with van der Waals surface area (Å²) in [6, 6.07) is -0.407. The van der Waals surface area contributed by atoms with Gasteiger partial charge in [-0.25, -0.2) is 4.39 Å². The molecular weight excluding hydrogens is 181 g/mol. The smallest absolute Gasteiger partial charge is 0.220 e. The van der Waals surface area contributed by atoms with E-state index in [0.29, 0.717) is 12.0 Å². The Morgan fingerprint density at radius 1 is 1.43 bits per heavy atom. The molecule has 2 atom stereocenters. The lowest BCUT2D eigenvalue weighted by molar-refractivity contribution is -0.121. The summed E-state index contributed by atoms with van der Waals surface area (Å²) in [5.74, 6) is -0.0317. The van der Waals surface area contributed by atoms with Gasteiger partial charge < -0.3 is 5.32 Å². The third kappa shape index (κ3) is 1.59. The number of carbonyl (C=O) groups is 1. The Hall–Kier alpha value is -1.12. The Morgan fingerprint density at radius 2 is 2.21 bits per heavy atom. The minimum Gasteiger partial charge on any atom is -0.346 e. The quantitative estimate of drug-likeness (QED) is 0.628. The summed E-state index contributed by atoms with van der Waals surface area (Å²) in [6.45, 7) is 1.76. The molecule has 0 radical (unpaired) electrons. The van der Waals surface area contributed by atoms with Crippen LogP contribution in [-0.2, 0) is 4.79 Å². The van der Waals surface area contributed by atoms with E-state index in [9.17, 15) is 9.18 Å². The molecule has 0 aromatic rings. The monoisotopic (exact) mass is 195 g/mol. The van der Waals surface area contributed by atoms with Crippen molar-refractivity contribution in [1.82, 2.24) is 5.32 Å². The first-order chi connectivity index (χ1) is 6.68. The van der Waals surface area contributed by atoms with Crippen LogP contribution in [0.1, 0.15) is 26.2 Å². The molecule has 2 aliphatic rings. The fourth-order valence-corrected chi connectivity index (χ4v) is 1.99. The molecule has 1 aliphatic heterocycles. The highest BCUT2D eigenvalue weighted by Crippen LogP contribution is 2.27. The molecule has 3 heteroatoms. The van der Waals surface area contributed by atoms with Gasteiger partial charge in [-0.15, -0.1) is 0 Å². The molecule has 1 N–H and O–H groups in total. The van der Waals surface area contributed by atoms with Crippen LogP contribution in [0.2, 0.25) is 0 Å². The van der Waals surface area contributed by atoms with Crippen molar-refractivity contribution in [3.05, 3.63) is 23.3 Å². The van der Waals surface area contributed by atoms with Crippen molar-refractivity contribution in [3.63, 3.8) is 0 Å². The van der Waals surface area contributed by atoms with Crippen LogP contribution in [-0.4, -0.2) is 18.1 Å². The second-order valence-corrected chi connectivity index (χ2v) is 3.95. The van der Waals surface area contributed by atoms with Crippen LogP contribution in [0.5, 0.6) is 0 Å². The number of nitrogens with one attached hydrogen (secondary N) is 1. The molecule has 0 spiro atoms. The van der Waals surface area contributed by atoms with E-state index in [0.717, 1.165) is 18.4 Å². The molecule has 0 aromatic heterocycles. The molecule has 2 unspecified atom stereocenters. The maximum atomic E-state index is 13.7. The topological polar surface area (TPSA) is 29.1 Å². The van der Waals surface area contributed by atoms with Crippen molar-refractivity contribution >= 4 is 5.91 Å². The molecule has 2 rings (SSSR count). The molecule has 0 bridgehead atoms.